The zero-order valence-electron chi connectivity index (χ0n) is 15.8. The number of aryl methyl sites for hydroxylation is 3. The second-order valence-electron chi connectivity index (χ2n) is 6.70. The molecule has 1 aromatic carbocycles. The van der Waals surface area contributed by atoms with Gasteiger partial charge in [0.05, 0.1) is 18.0 Å². The third kappa shape index (κ3) is 4.67. The van der Waals surface area contributed by atoms with E-state index in [4.69, 9.17) is 6.42 Å². The van der Waals surface area contributed by atoms with E-state index in [1.165, 1.54) is 4.31 Å². The first kappa shape index (κ1) is 20.9. The van der Waals surface area contributed by atoms with Gasteiger partial charge in [0.25, 0.3) is 0 Å². The maximum atomic E-state index is 13.2. The van der Waals surface area contributed by atoms with Crippen molar-refractivity contribution >= 4 is 21.8 Å². The van der Waals surface area contributed by atoms with Crippen LogP contribution in [-0.2, 0) is 19.6 Å². The molecule has 2 N–H and O–H groups in total. The summed E-state index contributed by atoms with van der Waals surface area (Å²) in [5, 5.41) is 4.94. The zero-order chi connectivity index (χ0) is 20.2. The van der Waals surface area contributed by atoms with Crippen molar-refractivity contribution in [3.63, 3.8) is 0 Å². The number of nitrogens with zero attached hydrogens (tertiary/aromatic N) is 1. The zero-order valence-corrected chi connectivity index (χ0v) is 16.6. The Labute approximate surface area is 160 Å². The van der Waals surface area contributed by atoms with Gasteiger partial charge in [0, 0.05) is 6.54 Å². The number of benzene rings is 1. The minimum Gasteiger partial charge on any atom is -0.346 e. The number of terminal acetylenes is 1. The topological polar surface area (TPSA) is 95.6 Å². The summed E-state index contributed by atoms with van der Waals surface area (Å²) in [6, 6.07) is 2.82. The largest absolute Gasteiger partial charge is 0.346 e. The van der Waals surface area contributed by atoms with E-state index in [-0.39, 0.29) is 24.5 Å². The maximum Gasteiger partial charge on any atom is 0.244 e. The maximum absolute atomic E-state index is 13.2. The standard InChI is InChI=1S/C19H25N3O4S/c1-5-8-20-17(23)12-21-19(24)16-7-6-9-22(16)27(25,26)18-14(3)10-13(2)11-15(18)4/h1,10-11,16H,6-9,12H2,2-4H3,(H,20,23)(H,21,24). The molecule has 146 valence electrons. The second kappa shape index (κ2) is 8.55. The number of amides is 2. The summed E-state index contributed by atoms with van der Waals surface area (Å²) in [5.41, 5.74) is 2.30. The van der Waals surface area contributed by atoms with Gasteiger partial charge in [0.2, 0.25) is 21.8 Å². The fraction of sp³-hybridized carbons (Fsp3) is 0.474. The lowest BCUT2D eigenvalue weighted by Gasteiger charge is -2.25. The number of nitrogens with one attached hydrogen (secondary N) is 2. The summed E-state index contributed by atoms with van der Waals surface area (Å²) in [4.78, 5) is 24.3. The van der Waals surface area contributed by atoms with Crippen molar-refractivity contribution in [2.24, 2.45) is 0 Å². The van der Waals surface area contributed by atoms with Crippen molar-refractivity contribution in [3.8, 4) is 12.3 Å². The fourth-order valence-corrected chi connectivity index (χ4v) is 5.55. The SMILES string of the molecule is C#CCNC(=O)CNC(=O)C1CCCN1S(=O)(=O)c1c(C)cc(C)cc1C. The Morgan fingerprint density at radius 3 is 2.44 bits per heavy atom. The molecule has 0 radical (unpaired) electrons. The highest BCUT2D eigenvalue weighted by Gasteiger charge is 2.40. The van der Waals surface area contributed by atoms with Gasteiger partial charge in [0.1, 0.15) is 6.04 Å². The Morgan fingerprint density at radius 2 is 1.85 bits per heavy atom. The van der Waals surface area contributed by atoms with Crippen LogP contribution in [0, 0.1) is 33.1 Å². The summed E-state index contributed by atoms with van der Waals surface area (Å²) in [7, 11) is -3.82. The van der Waals surface area contributed by atoms with E-state index < -0.39 is 27.9 Å². The first-order valence-electron chi connectivity index (χ1n) is 8.76. The van der Waals surface area contributed by atoms with Crippen molar-refractivity contribution in [2.45, 2.75) is 44.6 Å². The number of sulfonamides is 1. The lowest BCUT2D eigenvalue weighted by Crippen LogP contribution is -2.48. The molecule has 1 aliphatic heterocycles. The fourth-order valence-electron chi connectivity index (χ4n) is 3.48. The van der Waals surface area contributed by atoms with Gasteiger partial charge < -0.3 is 10.6 Å². The number of rotatable bonds is 6. The van der Waals surface area contributed by atoms with Crippen LogP contribution in [0.5, 0.6) is 0 Å². The normalized spacial score (nSPS) is 17.3. The molecule has 2 amide bonds. The first-order chi connectivity index (χ1) is 12.7. The lowest BCUT2D eigenvalue weighted by atomic mass is 10.1. The van der Waals surface area contributed by atoms with Crippen LogP contribution in [0.25, 0.3) is 0 Å². The molecule has 1 heterocycles. The molecule has 0 bridgehead atoms. The van der Waals surface area contributed by atoms with Crippen molar-refractivity contribution < 1.29 is 18.0 Å². The minimum absolute atomic E-state index is 0.0740. The molecule has 1 saturated heterocycles. The van der Waals surface area contributed by atoms with Crippen LogP contribution in [0.1, 0.15) is 29.5 Å². The van der Waals surface area contributed by atoms with Crippen molar-refractivity contribution in [3.05, 3.63) is 28.8 Å². The number of carbonyl (C=O) groups excluding carboxylic acids is 2. The molecule has 0 spiro atoms. The highest BCUT2D eigenvalue weighted by molar-refractivity contribution is 7.89. The lowest BCUT2D eigenvalue weighted by molar-refractivity contribution is -0.127. The van der Waals surface area contributed by atoms with Gasteiger partial charge in [-0.05, 0) is 44.7 Å². The van der Waals surface area contributed by atoms with E-state index in [1.54, 1.807) is 13.8 Å². The Balaban J connectivity index is 2.19. The van der Waals surface area contributed by atoms with E-state index in [2.05, 4.69) is 16.6 Å². The Kier molecular flexibility index (Phi) is 6.63. The van der Waals surface area contributed by atoms with Crippen LogP contribution in [0.2, 0.25) is 0 Å². The molecular weight excluding hydrogens is 366 g/mol. The second-order valence-corrected chi connectivity index (χ2v) is 8.53. The van der Waals surface area contributed by atoms with Gasteiger partial charge in [-0.15, -0.1) is 6.42 Å². The smallest absolute Gasteiger partial charge is 0.244 e. The van der Waals surface area contributed by atoms with Gasteiger partial charge in [-0.3, -0.25) is 9.59 Å². The number of hydrogen-bond acceptors (Lipinski definition) is 4. The minimum atomic E-state index is -3.82. The summed E-state index contributed by atoms with van der Waals surface area (Å²) in [5.74, 6) is 1.37. The first-order valence-corrected chi connectivity index (χ1v) is 10.2. The number of hydrogen-bond donors (Lipinski definition) is 2. The van der Waals surface area contributed by atoms with Crippen LogP contribution in [0.15, 0.2) is 17.0 Å². The molecular formula is C19H25N3O4S. The quantitative estimate of drug-likeness (QED) is 0.696. The van der Waals surface area contributed by atoms with Crippen molar-refractivity contribution in [1.82, 2.24) is 14.9 Å². The molecule has 1 fully saturated rings. The summed E-state index contributed by atoms with van der Waals surface area (Å²) >= 11 is 0. The van der Waals surface area contributed by atoms with E-state index in [0.29, 0.717) is 24.0 Å². The van der Waals surface area contributed by atoms with E-state index >= 15 is 0 Å². The van der Waals surface area contributed by atoms with Gasteiger partial charge in [-0.1, -0.05) is 23.6 Å². The molecule has 27 heavy (non-hydrogen) atoms. The Bertz CT molecular complexity index is 864. The van der Waals surface area contributed by atoms with Crippen LogP contribution in [0.4, 0.5) is 0 Å². The summed E-state index contributed by atoms with van der Waals surface area (Å²) < 4.78 is 27.7. The van der Waals surface area contributed by atoms with E-state index in [1.807, 2.05) is 19.1 Å². The molecule has 8 heteroatoms. The average Bonchev–Trinajstić information content (AvgIpc) is 3.07. The predicted octanol–water partition coefficient (Wildman–Crippen LogP) is 0.631. The van der Waals surface area contributed by atoms with Crippen molar-refractivity contribution in [1.29, 1.82) is 0 Å². The van der Waals surface area contributed by atoms with Crippen LogP contribution < -0.4 is 10.6 Å². The predicted molar refractivity (Wildman–Crippen MR) is 102 cm³/mol. The molecule has 2 rings (SSSR count). The van der Waals surface area contributed by atoms with Gasteiger partial charge in [0.15, 0.2) is 0 Å². The monoisotopic (exact) mass is 391 g/mol. The number of carbonyl (C=O) groups is 2. The van der Waals surface area contributed by atoms with E-state index in [9.17, 15) is 18.0 Å². The van der Waals surface area contributed by atoms with Crippen LogP contribution >= 0.6 is 0 Å². The molecule has 0 saturated carbocycles. The molecule has 1 atom stereocenters. The molecule has 0 aliphatic carbocycles. The molecule has 1 aliphatic rings. The Morgan fingerprint density at radius 1 is 1.22 bits per heavy atom. The van der Waals surface area contributed by atoms with Gasteiger partial charge in [-0.25, -0.2) is 8.42 Å². The summed E-state index contributed by atoms with van der Waals surface area (Å²) in [6.07, 6.45) is 6.07. The highest BCUT2D eigenvalue weighted by Crippen LogP contribution is 2.30. The third-order valence-electron chi connectivity index (χ3n) is 4.49. The Hall–Kier alpha value is -2.37. The molecule has 1 unspecified atom stereocenters. The molecule has 1 aromatic rings. The third-order valence-corrected chi connectivity index (χ3v) is 6.70. The van der Waals surface area contributed by atoms with Crippen LogP contribution in [0.3, 0.4) is 0 Å². The molecule has 7 nitrogen and oxygen atoms in total. The van der Waals surface area contributed by atoms with Gasteiger partial charge in [-0.2, -0.15) is 4.31 Å². The average molecular weight is 391 g/mol. The summed E-state index contributed by atoms with van der Waals surface area (Å²) in [6.45, 7) is 5.53. The molecule has 0 aromatic heterocycles. The van der Waals surface area contributed by atoms with Crippen molar-refractivity contribution in [2.75, 3.05) is 19.6 Å². The highest BCUT2D eigenvalue weighted by atomic mass is 32.2. The van der Waals surface area contributed by atoms with Gasteiger partial charge >= 0.3 is 0 Å². The van der Waals surface area contributed by atoms with Crippen LogP contribution in [-0.4, -0.2) is 50.2 Å². The van der Waals surface area contributed by atoms with E-state index in [0.717, 1.165) is 5.56 Å².